The summed E-state index contributed by atoms with van der Waals surface area (Å²) in [6.07, 6.45) is 5.28. The number of nitrogens with one attached hydrogen (secondary N) is 1. The fourth-order valence-corrected chi connectivity index (χ4v) is 5.90. The molecule has 12 heteroatoms. The number of H-pyrrole nitrogens is 1. The summed E-state index contributed by atoms with van der Waals surface area (Å²) in [6, 6.07) is 16.0. The number of nitrogens with zero attached hydrogens (tertiary/aromatic N) is 7. The summed E-state index contributed by atoms with van der Waals surface area (Å²) in [6.45, 7) is 0.353. The lowest BCUT2D eigenvalue weighted by Gasteiger charge is -2.22. The van der Waals surface area contributed by atoms with Crippen molar-refractivity contribution in [3.63, 3.8) is 0 Å². The van der Waals surface area contributed by atoms with Crippen LogP contribution < -0.4 is 11.2 Å². The third-order valence-electron chi connectivity index (χ3n) is 8.12. The van der Waals surface area contributed by atoms with E-state index in [0.29, 0.717) is 23.5 Å². The molecule has 0 saturated heterocycles. The number of tetrazole rings is 1. The number of benzene rings is 2. The molecular weight excluding hydrogens is 536 g/mol. The molecule has 0 radical (unpaired) electrons. The van der Waals surface area contributed by atoms with Crippen LogP contribution in [0.15, 0.2) is 58.1 Å². The number of ether oxygens (including phenoxy) is 1. The topological polar surface area (TPSA) is 143 Å². The molecule has 0 unspecified atom stereocenters. The maximum atomic E-state index is 13.8. The summed E-state index contributed by atoms with van der Waals surface area (Å²) >= 11 is 0. The van der Waals surface area contributed by atoms with E-state index in [0.717, 1.165) is 58.3 Å². The number of aromatic amines is 1. The van der Waals surface area contributed by atoms with Gasteiger partial charge in [0.05, 0.1) is 13.5 Å². The number of aromatic nitrogens is 8. The van der Waals surface area contributed by atoms with Crippen LogP contribution in [0.2, 0.25) is 0 Å². The Morgan fingerprint density at radius 3 is 2.43 bits per heavy atom. The molecule has 42 heavy (non-hydrogen) atoms. The second-order valence-corrected chi connectivity index (χ2v) is 10.7. The van der Waals surface area contributed by atoms with Gasteiger partial charge in [0.1, 0.15) is 5.82 Å². The Morgan fingerprint density at radius 2 is 1.74 bits per heavy atom. The van der Waals surface area contributed by atoms with Crippen molar-refractivity contribution in [3.8, 4) is 22.5 Å². The van der Waals surface area contributed by atoms with Crippen molar-refractivity contribution in [2.75, 3.05) is 7.11 Å². The van der Waals surface area contributed by atoms with E-state index in [2.05, 4.69) is 20.6 Å². The SMILES string of the molecule is COC(=O)CCn1c(=O)c2c(nc(C3CCCCC3)n2Cc2ccc(-c3ccccc3-c3nn[nH]n3)cc2)n(C)c1=O. The molecule has 2 aromatic carbocycles. The zero-order valence-electron chi connectivity index (χ0n) is 23.6. The second kappa shape index (κ2) is 11.6. The van der Waals surface area contributed by atoms with Gasteiger partial charge in [0.2, 0.25) is 5.82 Å². The van der Waals surface area contributed by atoms with Crippen LogP contribution in [0.5, 0.6) is 0 Å². The molecule has 0 atom stereocenters. The van der Waals surface area contributed by atoms with Gasteiger partial charge < -0.3 is 9.30 Å². The zero-order valence-corrected chi connectivity index (χ0v) is 23.6. The molecule has 1 aliphatic carbocycles. The number of methoxy groups -OCH3 is 1. The maximum Gasteiger partial charge on any atom is 0.332 e. The molecule has 5 aromatic rings. The van der Waals surface area contributed by atoms with Gasteiger partial charge in [-0.25, -0.2) is 9.78 Å². The normalized spacial score (nSPS) is 14.0. The van der Waals surface area contributed by atoms with Gasteiger partial charge in [-0.2, -0.15) is 5.21 Å². The first-order chi connectivity index (χ1) is 20.5. The second-order valence-electron chi connectivity index (χ2n) is 10.7. The highest BCUT2D eigenvalue weighted by Crippen LogP contribution is 2.34. The third kappa shape index (κ3) is 5.04. The molecule has 0 aliphatic heterocycles. The average Bonchev–Trinajstić information content (AvgIpc) is 3.70. The third-order valence-corrected chi connectivity index (χ3v) is 8.12. The van der Waals surface area contributed by atoms with Gasteiger partial charge in [-0.15, -0.1) is 10.2 Å². The van der Waals surface area contributed by atoms with Gasteiger partial charge >= 0.3 is 11.7 Å². The van der Waals surface area contributed by atoms with Crippen LogP contribution in [0.25, 0.3) is 33.7 Å². The molecule has 216 valence electrons. The van der Waals surface area contributed by atoms with Gasteiger partial charge in [-0.1, -0.05) is 67.8 Å². The Balaban J connectivity index is 1.42. The van der Waals surface area contributed by atoms with Crippen molar-refractivity contribution in [1.29, 1.82) is 0 Å². The largest absolute Gasteiger partial charge is 0.469 e. The average molecular weight is 569 g/mol. The number of esters is 1. The molecular formula is C30H32N8O4. The molecule has 3 aromatic heterocycles. The number of carbonyl (C=O) groups excluding carboxylic acids is 1. The van der Waals surface area contributed by atoms with Crippen LogP contribution in [0.1, 0.15) is 55.8 Å². The number of hydrogen-bond donors (Lipinski definition) is 1. The predicted octanol–water partition coefficient (Wildman–Crippen LogP) is 3.40. The van der Waals surface area contributed by atoms with Crippen molar-refractivity contribution in [1.82, 2.24) is 39.3 Å². The van der Waals surface area contributed by atoms with Crippen molar-refractivity contribution in [2.45, 2.75) is 57.5 Å². The Kier molecular flexibility index (Phi) is 7.51. The van der Waals surface area contributed by atoms with Gasteiger partial charge in [0.25, 0.3) is 5.56 Å². The Labute approximate surface area is 241 Å². The number of imidazole rings is 1. The van der Waals surface area contributed by atoms with E-state index >= 15 is 0 Å². The maximum absolute atomic E-state index is 13.8. The van der Waals surface area contributed by atoms with Crippen molar-refractivity contribution in [2.24, 2.45) is 7.05 Å². The van der Waals surface area contributed by atoms with E-state index in [1.165, 1.54) is 18.1 Å². The fourth-order valence-electron chi connectivity index (χ4n) is 5.90. The van der Waals surface area contributed by atoms with E-state index in [1.54, 1.807) is 7.05 Å². The quantitative estimate of drug-likeness (QED) is 0.281. The molecule has 6 rings (SSSR count). The molecule has 1 saturated carbocycles. The number of hydrogen-bond acceptors (Lipinski definition) is 8. The Morgan fingerprint density at radius 1 is 1.00 bits per heavy atom. The number of aryl methyl sites for hydroxylation is 1. The summed E-state index contributed by atoms with van der Waals surface area (Å²) < 4.78 is 9.23. The minimum Gasteiger partial charge on any atom is -0.469 e. The molecule has 1 aliphatic rings. The molecule has 0 spiro atoms. The van der Waals surface area contributed by atoms with Crippen molar-refractivity contribution >= 4 is 17.1 Å². The standard InChI is InChI=1S/C30H32N8O4/c1-36-28-25(29(40)37(30(36)41)17-16-24(39)42-2)38(27(31-28)21-8-4-3-5-9-21)18-19-12-14-20(15-13-19)22-10-6-7-11-23(22)26-32-34-35-33-26/h6-7,10-15,21H,3-5,8-9,16-18H2,1-2H3,(H,32,33,34,35). The van der Waals surface area contributed by atoms with E-state index < -0.39 is 17.2 Å². The summed E-state index contributed by atoms with van der Waals surface area (Å²) in [5.74, 6) is 1.06. The van der Waals surface area contributed by atoms with Crippen LogP contribution in [-0.4, -0.2) is 52.4 Å². The number of fused-ring (bicyclic) bond motifs is 1. The molecule has 3 heterocycles. The highest BCUT2D eigenvalue weighted by Gasteiger charge is 2.26. The molecule has 1 fully saturated rings. The summed E-state index contributed by atoms with van der Waals surface area (Å²) in [4.78, 5) is 43.7. The lowest BCUT2D eigenvalue weighted by atomic mass is 9.88. The smallest absolute Gasteiger partial charge is 0.332 e. The van der Waals surface area contributed by atoms with Gasteiger partial charge in [-0.05, 0) is 34.7 Å². The molecule has 1 N–H and O–H groups in total. The first-order valence-electron chi connectivity index (χ1n) is 14.1. The molecule has 0 bridgehead atoms. The van der Waals surface area contributed by atoms with Gasteiger partial charge in [0.15, 0.2) is 11.2 Å². The molecule has 12 nitrogen and oxygen atoms in total. The Hall–Kier alpha value is -4.87. The lowest BCUT2D eigenvalue weighted by molar-refractivity contribution is -0.140. The minimum atomic E-state index is -0.499. The van der Waals surface area contributed by atoms with E-state index in [9.17, 15) is 14.4 Å². The Bertz CT molecular complexity index is 1850. The van der Waals surface area contributed by atoms with E-state index in [4.69, 9.17) is 9.72 Å². The predicted molar refractivity (Wildman–Crippen MR) is 156 cm³/mol. The van der Waals surface area contributed by atoms with E-state index in [1.807, 2.05) is 53.1 Å². The van der Waals surface area contributed by atoms with Crippen LogP contribution in [0.3, 0.4) is 0 Å². The fraction of sp³-hybridized carbons (Fsp3) is 0.367. The highest BCUT2D eigenvalue weighted by atomic mass is 16.5. The van der Waals surface area contributed by atoms with Crippen molar-refractivity contribution < 1.29 is 9.53 Å². The first kappa shape index (κ1) is 27.3. The van der Waals surface area contributed by atoms with Crippen LogP contribution in [0.4, 0.5) is 0 Å². The van der Waals surface area contributed by atoms with Crippen LogP contribution in [-0.2, 0) is 29.7 Å². The monoisotopic (exact) mass is 568 g/mol. The summed E-state index contributed by atoms with van der Waals surface area (Å²) in [7, 11) is 2.91. The van der Waals surface area contributed by atoms with Gasteiger partial charge in [0, 0.05) is 31.6 Å². The minimum absolute atomic E-state index is 0.0630. The van der Waals surface area contributed by atoms with Crippen LogP contribution >= 0.6 is 0 Å². The van der Waals surface area contributed by atoms with E-state index in [-0.39, 0.29) is 18.9 Å². The van der Waals surface area contributed by atoms with Crippen LogP contribution in [0, 0.1) is 0 Å². The van der Waals surface area contributed by atoms with Crippen molar-refractivity contribution in [3.05, 3.63) is 80.8 Å². The molecule has 0 amide bonds. The zero-order chi connectivity index (χ0) is 29.2. The van der Waals surface area contributed by atoms with Gasteiger partial charge in [-0.3, -0.25) is 18.7 Å². The number of rotatable bonds is 8. The highest BCUT2D eigenvalue weighted by molar-refractivity contribution is 5.80. The summed E-state index contributed by atoms with van der Waals surface area (Å²) in [5.41, 5.74) is 3.62. The summed E-state index contributed by atoms with van der Waals surface area (Å²) in [5, 5.41) is 14.5. The number of carbonyl (C=O) groups is 1. The lowest BCUT2D eigenvalue weighted by Crippen LogP contribution is -2.40. The first-order valence-corrected chi connectivity index (χ1v) is 14.1.